The van der Waals surface area contributed by atoms with Crippen LogP contribution in [0.3, 0.4) is 0 Å². The highest BCUT2D eigenvalue weighted by Crippen LogP contribution is 2.44. The number of allylic oxidation sites excluding steroid dienone is 1. The lowest BCUT2D eigenvalue weighted by atomic mass is 9.83. The van der Waals surface area contributed by atoms with E-state index in [9.17, 15) is 45.6 Å². The van der Waals surface area contributed by atoms with E-state index in [1.165, 1.54) is 0 Å². The molecule has 3 heterocycles. The van der Waals surface area contributed by atoms with E-state index in [2.05, 4.69) is 0 Å². The smallest absolute Gasteiger partial charge is 0.339 e. The van der Waals surface area contributed by atoms with E-state index in [0.717, 1.165) is 11.8 Å². The molecule has 0 saturated carbocycles. The van der Waals surface area contributed by atoms with Crippen LogP contribution in [0.15, 0.2) is 23.5 Å². The average molecular weight is 520 g/mol. The van der Waals surface area contributed by atoms with E-state index in [0.29, 0.717) is 6.42 Å². The predicted molar refractivity (Wildman–Crippen MR) is 113 cm³/mol. The first-order chi connectivity index (χ1) is 17.1. The van der Waals surface area contributed by atoms with Crippen molar-refractivity contribution in [3.8, 4) is 0 Å². The fourth-order valence-corrected chi connectivity index (χ4v) is 4.92. The van der Waals surface area contributed by atoms with E-state index < -0.39 is 98.7 Å². The Labute approximate surface area is 205 Å². The second-order valence-corrected chi connectivity index (χ2v) is 9.33. The van der Waals surface area contributed by atoms with Crippen LogP contribution in [-0.2, 0) is 28.5 Å². The minimum Gasteiger partial charge on any atom is -0.471 e. The Morgan fingerprint density at radius 1 is 0.861 bits per heavy atom. The average Bonchev–Trinajstić information content (AvgIpc) is 3.26. The molecule has 2 fully saturated rings. The number of carbonyl (C=O) groups excluding carboxylic acids is 1. The normalized spacial score (nSPS) is 46.9. The number of aliphatic hydroxyl groups is 8. The fourth-order valence-electron chi connectivity index (χ4n) is 4.92. The van der Waals surface area contributed by atoms with Gasteiger partial charge in [-0.2, -0.15) is 0 Å². The van der Waals surface area contributed by atoms with Gasteiger partial charge in [0, 0.05) is 11.8 Å². The minimum atomic E-state index is -1.77. The van der Waals surface area contributed by atoms with E-state index >= 15 is 0 Å². The molecule has 2 saturated heterocycles. The molecule has 0 radical (unpaired) electrons. The highest BCUT2D eigenvalue weighted by Gasteiger charge is 2.50. The second-order valence-electron chi connectivity index (χ2n) is 9.33. The lowest BCUT2D eigenvalue weighted by Crippen LogP contribution is -2.60. The van der Waals surface area contributed by atoms with Crippen molar-refractivity contribution in [3.05, 3.63) is 23.5 Å². The number of carbonyl (C=O) groups is 1. The molecule has 0 spiro atoms. The van der Waals surface area contributed by atoms with Gasteiger partial charge in [0.25, 0.3) is 0 Å². The molecule has 4 aliphatic rings. The van der Waals surface area contributed by atoms with Crippen LogP contribution >= 0.6 is 0 Å². The van der Waals surface area contributed by atoms with Crippen LogP contribution in [0.25, 0.3) is 0 Å². The number of aliphatic hydroxyl groups excluding tert-OH is 8. The quantitative estimate of drug-likeness (QED) is 0.123. The van der Waals surface area contributed by atoms with Gasteiger partial charge in [-0.25, -0.2) is 4.79 Å². The Bertz CT molecular complexity index is 858. The van der Waals surface area contributed by atoms with Crippen LogP contribution < -0.4 is 0 Å². The minimum absolute atomic E-state index is 0.0683. The maximum atomic E-state index is 13.0. The molecule has 14 heteroatoms. The molecule has 36 heavy (non-hydrogen) atoms. The standard InChI is InChI=1S/C22H32O14/c1-7-2-3-8-9(19(31)35-21-17(29)15(27)13(25)10(4-23)33-21)6-32-20(12(7)8)36-22-18(30)16(28)14(26)11(5-24)34-22/h2,6,8,10-18,20-30H,3-5H2,1H3/t8-,10-,11-,12-,13-,14-,15+,16-,17+,18+,20+,21+,22+/m1/s1. The highest BCUT2D eigenvalue weighted by molar-refractivity contribution is 5.89. The summed E-state index contributed by atoms with van der Waals surface area (Å²) in [6, 6.07) is 0. The first-order valence-corrected chi connectivity index (χ1v) is 11.6. The van der Waals surface area contributed by atoms with E-state index in [1.54, 1.807) is 6.92 Å². The Hall–Kier alpha value is -1.69. The van der Waals surface area contributed by atoms with Gasteiger partial charge in [0.2, 0.25) is 12.6 Å². The summed E-state index contributed by atoms with van der Waals surface area (Å²) in [6.45, 7) is 0.467. The number of fused-ring (bicyclic) bond motifs is 1. The number of ether oxygens (including phenoxy) is 5. The molecule has 0 aromatic rings. The summed E-state index contributed by atoms with van der Waals surface area (Å²) in [6.07, 6.45) is -13.2. The van der Waals surface area contributed by atoms with Crippen LogP contribution in [0, 0.1) is 11.8 Å². The van der Waals surface area contributed by atoms with Crippen molar-refractivity contribution >= 4 is 5.97 Å². The van der Waals surface area contributed by atoms with Crippen molar-refractivity contribution in [3.63, 3.8) is 0 Å². The van der Waals surface area contributed by atoms with E-state index in [-0.39, 0.29) is 5.57 Å². The molecule has 204 valence electrons. The topological polar surface area (TPSA) is 225 Å². The van der Waals surface area contributed by atoms with Crippen LogP contribution in [-0.4, -0.2) is 128 Å². The summed E-state index contributed by atoms with van der Waals surface area (Å²) in [5.41, 5.74) is 0.861. The molecule has 0 aromatic heterocycles. The molecule has 4 rings (SSSR count). The van der Waals surface area contributed by atoms with Gasteiger partial charge >= 0.3 is 5.97 Å². The summed E-state index contributed by atoms with van der Waals surface area (Å²) >= 11 is 0. The van der Waals surface area contributed by atoms with Crippen molar-refractivity contribution in [2.75, 3.05) is 13.2 Å². The van der Waals surface area contributed by atoms with Crippen molar-refractivity contribution in [1.82, 2.24) is 0 Å². The predicted octanol–water partition coefficient (Wildman–Crippen LogP) is -4.03. The molecule has 14 nitrogen and oxygen atoms in total. The number of esters is 1. The number of hydrogen-bond donors (Lipinski definition) is 8. The highest BCUT2D eigenvalue weighted by atomic mass is 16.8. The third-order valence-electron chi connectivity index (χ3n) is 7.10. The lowest BCUT2D eigenvalue weighted by Gasteiger charge is -2.43. The van der Waals surface area contributed by atoms with Gasteiger partial charge in [0.15, 0.2) is 6.29 Å². The first kappa shape index (κ1) is 27.3. The molecular weight excluding hydrogens is 488 g/mol. The summed E-state index contributed by atoms with van der Waals surface area (Å²) in [5.74, 6) is -1.98. The van der Waals surface area contributed by atoms with Crippen LogP contribution in [0.1, 0.15) is 13.3 Å². The summed E-state index contributed by atoms with van der Waals surface area (Å²) in [4.78, 5) is 13.0. The zero-order valence-corrected chi connectivity index (χ0v) is 19.3. The van der Waals surface area contributed by atoms with E-state index in [4.69, 9.17) is 23.7 Å². The Morgan fingerprint density at radius 2 is 1.42 bits per heavy atom. The zero-order valence-electron chi connectivity index (χ0n) is 19.3. The molecule has 1 aliphatic carbocycles. The van der Waals surface area contributed by atoms with Crippen molar-refractivity contribution in [1.29, 1.82) is 0 Å². The molecule has 0 bridgehead atoms. The molecule has 3 aliphatic heterocycles. The van der Waals surface area contributed by atoms with Gasteiger partial charge in [0.05, 0.1) is 25.0 Å². The monoisotopic (exact) mass is 520 g/mol. The van der Waals surface area contributed by atoms with Crippen molar-refractivity contribution < 1.29 is 69.3 Å². The maximum Gasteiger partial charge on any atom is 0.339 e. The fraction of sp³-hybridized carbons (Fsp3) is 0.773. The number of rotatable bonds is 6. The lowest BCUT2D eigenvalue weighted by molar-refractivity contribution is -0.339. The number of hydrogen-bond acceptors (Lipinski definition) is 14. The van der Waals surface area contributed by atoms with Gasteiger partial charge in [-0.3, -0.25) is 0 Å². The Morgan fingerprint density at radius 3 is 2.00 bits per heavy atom. The summed E-state index contributed by atoms with van der Waals surface area (Å²) in [7, 11) is 0. The third kappa shape index (κ3) is 4.91. The Balaban J connectivity index is 1.47. The summed E-state index contributed by atoms with van der Waals surface area (Å²) in [5, 5.41) is 79.0. The largest absolute Gasteiger partial charge is 0.471 e. The molecule has 0 unspecified atom stereocenters. The van der Waals surface area contributed by atoms with Gasteiger partial charge in [-0.05, 0) is 13.3 Å². The molecule has 8 N–H and O–H groups in total. The van der Waals surface area contributed by atoms with Crippen LogP contribution in [0.5, 0.6) is 0 Å². The summed E-state index contributed by atoms with van der Waals surface area (Å²) < 4.78 is 27.2. The molecular formula is C22H32O14. The van der Waals surface area contributed by atoms with Crippen LogP contribution in [0.2, 0.25) is 0 Å². The van der Waals surface area contributed by atoms with Crippen molar-refractivity contribution in [2.45, 2.75) is 81.0 Å². The van der Waals surface area contributed by atoms with Gasteiger partial charge in [-0.15, -0.1) is 0 Å². The van der Waals surface area contributed by atoms with Gasteiger partial charge in [-0.1, -0.05) is 11.6 Å². The first-order valence-electron chi connectivity index (χ1n) is 11.6. The molecule has 0 aromatic carbocycles. The van der Waals surface area contributed by atoms with E-state index in [1.807, 2.05) is 6.08 Å². The maximum absolute atomic E-state index is 13.0. The third-order valence-corrected chi connectivity index (χ3v) is 7.10. The second kappa shape index (κ2) is 11.0. The SMILES string of the molecule is CC1=CC[C@@H]2C(C(=O)O[C@@H]3O[C@H](CO)[C@@H](O)[C@H](O)[C@@H]3O)=CO[C@@H](O[C@@H]3O[C@H](CO)[C@@H](O)[C@@H](O)[C@@H]3O)[C@H]12. The van der Waals surface area contributed by atoms with Crippen molar-refractivity contribution in [2.24, 2.45) is 11.8 Å². The Kier molecular flexibility index (Phi) is 8.33. The molecule has 13 atom stereocenters. The van der Waals surface area contributed by atoms with Gasteiger partial charge < -0.3 is 64.5 Å². The van der Waals surface area contributed by atoms with Crippen LogP contribution in [0.4, 0.5) is 0 Å². The molecule has 0 amide bonds. The van der Waals surface area contributed by atoms with Gasteiger partial charge in [0.1, 0.15) is 48.8 Å². The zero-order chi connectivity index (χ0) is 26.3.